The van der Waals surface area contributed by atoms with Crippen LogP contribution in [0.5, 0.6) is 0 Å². The van der Waals surface area contributed by atoms with E-state index in [0.717, 1.165) is 17.8 Å². The molecular formula is C29H48Ru. The standard InChI is InChI=1S/C21H36.C8H12.Ru/c1-7-16(4)10-19-13-20(11-17(5)8-2)15-21(14-19)12-18(6)9-3;1-2-4-6-8-7-5-3-1;/h13-18H,7-12H2,1-6H3;1-2,7-8H,3-6H2;/b;2-1-,8-7-;. The van der Waals surface area contributed by atoms with Gasteiger partial charge in [0.2, 0.25) is 0 Å². The van der Waals surface area contributed by atoms with Crippen molar-refractivity contribution in [2.24, 2.45) is 17.8 Å². The van der Waals surface area contributed by atoms with Crippen LogP contribution >= 0.6 is 0 Å². The van der Waals surface area contributed by atoms with Crippen LogP contribution in [0.4, 0.5) is 0 Å². The monoisotopic (exact) mass is 498 g/mol. The van der Waals surface area contributed by atoms with Crippen LogP contribution in [0, 0.1) is 17.8 Å². The minimum absolute atomic E-state index is 0. The molecule has 1 aliphatic rings. The molecule has 30 heavy (non-hydrogen) atoms. The Bertz CT molecular complexity index is 498. The van der Waals surface area contributed by atoms with Crippen molar-refractivity contribution in [3.8, 4) is 0 Å². The van der Waals surface area contributed by atoms with Gasteiger partial charge in [0.05, 0.1) is 0 Å². The number of hydrogen-bond donors (Lipinski definition) is 0. The molecule has 0 N–H and O–H groups in total. The quantitative estimate of drug-likeness (QED) is 0.236. The van der Waals surface area contributed by atoms with Crippen LogP contribution in [0.1, 0.15) is 103 Å². The Morgan fingerprint density at radius 3 is 0.967 bits per heavy atom. The summed E-state index contributed by atoms with van der Waals surface area (Å²) < 4.78 is 0. The number of allylic oxidation sites excluding steroid dienone is 4. The van der Waals surface area contributed by atoms with E-state index >= 15 is 0 Å². The molecule has 0 bridgehead atoms. The van der Waals surface area contributed by atoms with E-state index in [-0.39, 0.29) is 19.5 Å². The summed E-state index contributed by atoms with van der Waals surface area (Å²) >= 11 is 0. The van der Waals surface area contributed by atoms with Crippen molar-refractivity contribution in [1.29, 1.82) is 0 Å². The average Bonchev–Trinajstić information content (AvgIpc) is 2.67. The third-order valence-corrected chi connectivity index (χ3v) is 6.29. The van der Waals surface area contributed by atoms with Gasteiger partial charge in [-0.2, -0.15) is 0 Å². The molecule has 3 atom stereocenters. The minimum atomic E-state index is 0. The Balaban J connectivity index is 0.000000782. The molecule has 0 spiro atoms. The molecule has 0 aromatic heterocycles. The van der Waals surface area contributed by atoms with E-state index < -0.39 is 0 Å². The van der Waals surface area contributed by atoms with Gasteiger partial charge in [-0.1, -0.05) is 103 Å². The Labute approximate surface area is 201 Å². The Morgan fingerprint density at radius 2 is 0.767 bits per heavy atom. The molecule has 0 fully saturated rings. The second-order valence-electron chi connectivity index (χ2n) is 9.41. The molecule has 0 saturated carbocycles. The fourth-order valence-corrected chi connectivity index (χ4v) is 3.69. The van der Waals surface area contributed by atoms with Gasteiger partial charge in [0.25, 0.3) is 0 Å². The summed E-state index contributed by atoms with van der Waals surface area (Å²) in [5, 5.41) is 0. The minimum Gasteiger partial charge on any atom is -0.0882 e. The van der Waals surface area contributed by atoms with Gasteiger partial charge in [0.15, 0.2) is 0 Å². The van der Waals surface area contributed by atoms with E-state index in [1.807, 2.05) is 0 Å². The fraction of sp³-hybridized carbons (Fsp3) is 0.655. The van der Waals surface area contributed by atoms with E-state index in [4.69, 9.17) is 0 Å². The molecule has 0 amide bonds. The van der Waals surface area contributed by atoms with E-state index in [1.165, 1.54) is 64.2 Å². The zero-order valence-electron chi connectivity index (χ0n) is 20.7. The van der Waals surface area contributed by atoms with Crippen molar-refractivity contribution in [2.75, 3.05) is 0 Å². The number of benzene rings is 1. The van der Waals surface area contributed by atoms with Gasteiger partial charge in [0, 0.05) is 19.5 Å². The van der Waals surface area contributed by atoms with Crippen LogP contribution in [0.3, 0.4) is 0 Å². The first-order chi connectivity index (χ1) is 14.0. The molecule has 1 aliphatic carbocycles. The Kier molecular flexibility index (Phi) is 17.5. The number of rotatable bonds is 9. The van der Waals surface area contributed by atoms with Gasteiger partial charge in [-0.05, 0) is 79.4 Å². The van der Waals surface area contributed by atoms with Crippen LogP contribution < -0.4 is 0 Å². The van der Waals surface area contributed by atoms with Gasteiger partial charge >= 0.3 is 0 Å². The predicted molar refractivity (Wildman–Crippen MR) is 133 cm³/mol. The normalized spacial score (nSPS) is 18.5. The van der Waals surface area contributed by atoms with E-state index in [1.54, 1.807) is 16.7 Å². The van der Waals surface area contributed by atoms with E-state index in [9.17, 15) is 0 Å². The molecule has 1 aromatic carbocycles. The third kappa shape index (κ3) is 13.6. The van der Waals surface area contributed by atoms with E-state index in [0.29, 0.717) is 0 Å². The largest absolute Gasteiger partial charge is 0.0882 e. The van der Waals surface area contributed by atoms with Crippen molar-refractivity contribution in [3.05, 3.63) is 59.2 Å². The Morgan fingerprint density at radius 1 is 0.533 bits per heavy atom. The molecule has 0 aliphatic heterocycles. The molecule has 0 radical (unpaired) electrons. The summed E-state index contributed by atoms with van der Waals surface area (Å²) in [6, 6.07) is 7.41. The van der Waals surface area contributed by atoms with E-state index in [2.05, 4.69) is 84.0 Å². The molecule has 0 heterocycles. The maximum atomic E-state index is 2.47. The first-order valence-electron chi connectivity index (χ1n) is 12.4. The fourth-order valence-electron chi connectivity index (χ4n) is 3.69. The molecule has 3 unspecified atom stereocenters. The van der Waals surface area contributed by atoms with Gasteiger partial charge in [0.1, 0.15) is 0 Å². The Hall–Kier alpha value is -0.677. The summed E-state index contributed by atoms with van der Waals surface area (Å²) in [5.74, 6) is 2.38. The van der Waals surface area contributed by atoms with Gasteiger partial charge in [-0.15, -0.1) is 0 Å². The topological polar surface area (TPSA) is 0 Å². The summed E-state index contributed by atoms with van der Waals surface area (Å²) in [4.78, 5) is 0. The molecule has 2 rings (SSSR count). The predicted octanol–water partition coefficient (Wildman–Crippen LogP) is 9.12. The zero-order chi connectivity index (χ0) is 21.5. The second kappa shape index (κ2) is 17.9. The maximum Gasteiger partial charge on any atom is 0 e. The van der Waals surface area contributed by atoms with Crippen LogP contribution in [0.2, 0.25) is 0 Å². The summed E-state index contributed by atoms with van der Waals surface area (Å²) in [7, 11) is 0. The molecule has 0 nitrogen and oxygen atoms in total. The zero-order valence-corrected chi connectivity index (χ0v) is 22.4. The van der Waals surface area contributed by atoms with Crippen LogP contribution in [0.25, 0.3) is 0 Å². The summed E-state index contributed by atoms with van der Waals surface area (Å²) in [5.41, 5.74) is 4.68. The van der Waals surface area contributed by atoms with Gasteiger partial charge < -0.3 is 0 Å². The van der Waals surface area contributed by atoms with Crippen molar-refractivity contribution in [2.45, 2.75) is 106 Å². The second-order valence-corrected chi connectivity index (χ2v) is 9.41. The molecule has 0 saturated heterocycles. The van der Waals surface area contributed by atoms with Crippen molar-refractivity contribution < 1.29 is 19.5 Å². The average molecular weight is 498 g/mol. The molecule has 1 aromatic rings. The molecular weight excluding hydrogens is 449 g/mol. The van der Waals surface area contributed by atoms with Crippen LogP contribution in [0.15, 0.2) is 42.5 Å². The third-order valence-electron chi connectivity index (χ3n) is 6.29. The smallest absolute Gasteiger partial charge is 0 e. The number of hydrogen-bond acceptors (Lipinski definition) is 0. The van der Waals surface area contributed by atoms with Gasteiger partial charge in [-0.3, -0.25) is 0 Å². The van der Waals surface area contributed by atoms with Crippen LogP contribution in [-0.4, -0.2) is 0 Å². The van der Waals surface area contributed by atoms with Crippen LogP contribution in [-0.2, 0) is 38.7 Å². The van der Waals surface area contributed by atoms with Crippen molar-refractivity contribution in [1.82, 2.24) is 0 Å². The summed E-state index contributed by atoms with van der Waals surface area (Å²) in [6.07, 6.45) is 21.5. The first kappa shape index (κ1) is 29.3. The maximum absolute atomic E-state index is 2.47. The first-order valence-corrected chi connectivity index (χ1v) is 12.4. The SMILES string of the molecule is C1=C\CC/C=C\CC/1.CCC(C)Cc1cc(CC(C)CC)cc(CC(C)CC)c1.[Ru]. The van der Waals surface area contributed by atoms with Gasteiger partial charge in [-0.25, -0.2) is 0 Å². The molecule has 1 heteroatoms. The molecule has 172 valence electrons. The van der Waals surface area contributed by atoms with Crippen molar-refractivity contribution in [3.63, 3.8) is 0 Å². The summed E-state index contributed by atoms with van der Waals surface area (Å²) in [6.45, 7) is 14.0. The van der Waals surface area contributed by atoms with Crippen molar-refractivity contribution >= 4 is 0 Å².